The molecule has 0 bridgehead atoms. The average molecular weight is 583 g/mol. The lowest BCUT2D eigenvalue weighted by Crippen LogP contribution is -2.44. The SMILES string of the molecule is CCCC(Nc1cccc(OC2CC(c3cnn(-c4ccc(OC)cc4)c3)CN(Cc3ccccc3)C2)c1)C(=O)OCC. The number of carbonyl (C=O) groups excluding carboxylic acids is 1. The monoisotopic (exact) mass is 582 g/mol. The number of benzene rings is 3. The van der Waals surface area contributed by atoms with Crippen LogP contribution >= 0.6 is 0 Å². The molecule has 4 aromatic rings. The van der Waals surface area contributed by atoms with Crippen molar-refractivity contribution in [2.24, 2.45) is 0 Å². The second kappa shape index (κ2) is 14.7. The molecule has 0 amide bonds. The number of hydrogen-bond donors (Lipinski definition) is 1. The second-order valence-corrected chi connectivity index (χ2v) is 11.0. The van der Waals surface area contributed by atoms with Crippen LogP contribution in [0.1, 0.15) is 50.2 Å². The van der Waals surface area contributed by atoms with Crippen molar-refractivity contribution in [2.75, 3.05) is 32.1 Å². The van der Waals surface area contributed by atoms with Crippen molar-refractivity contribution in [3.63, 3.8) is 0 Å². The fourth-order valence-corrected chi connectivity index (χ4v) is 5.70. The third kappa shape index (κ3) is 8.17. The smallest absolute Gasteiger partial charge is 0.328 e. The van der Waals surface area contributed by atoms with E-state index >= 15 is 0 Å². The Kier molecular flexibility index (Phi) is 10.3. The fraction of sp³-hybridized carbons (Fsp3) is 0.371. The summed E-state index contributed by atoms with van der Waals surface area (Å²) in [7, 11) is 1.67. The maximum Gasteiger partial charge on any atom is 0.328 e. The minimum absolute atomic E-state index is 0.0152. The largest absolute Gasteiger partial charge is 0.497 e. The highest BCUT2D eigenvalue weighted by Crippen LogP contribution is 2.31. The Morgan fingerprint density at radius 3 is 2.56 bits per heavy atom. The number of anilines is 1. The number of ether oxygens (including phenoxy) is 3. The summed E-state index contributed by atoms with van der Waals surface area (Å²) in [5, 5.41) is 8.05. The quantitative estimate of drug-likeness (QED) is 0.181. The van der Waals surface area contributed by atoms with Crippen molar-refractivity contribution in [3.8, 4) is 17.2 Å². The van der Waals surface area contributed by atoms with Crippen LogP contribution in [-0.2, 0) is 16.1 Å². The maximum absolute atomic E-state index is 12.5. The molecule has 3 atom stereocenters. The lowest BCUT2D eigenvalue weighted by molar-refractivity contribution is -0.144. The molecule has 1 saturated heterocycles. The van der Waals surface area contributed by atoms with Crippen LogP contribution in [0.15, 0.2) is 91.3 Å². The van der Waals surface area contributed by atoms with E-state index < -0.39 is 0 Å². The van der Waals surface area contributed by atoms with Crippen LogP contribution in [0.4, 0.5) is 5.69 Å². The van der Waals surface area contributed by atoms with Gasteiger partial charge in [-0.25, -0.2) is 9.48 Å². The van der Waals surface area contributed by atoms with Crippen molar-refractivity contribution >= 4 is 11.7 Å². The van der Waals surface area contributed by atoms with E-state index in [9.17, 15) is 4.79 Å². The molecule has 8 heteroatoms. The van der Waals surface area contributed by atoms with Gasteiger partial charge in [0.25, 0.3) is 0 Å². The van der Waals surface area contributed by atoms with E-state index in [1.54, 1.807) is 7.11 Å². The van der Waals surface area contributed by atoms with Crippen LogP contribution in [0.2, 0.25) is 0 Å². The molecule has 43 heavy (non-hydrogen) atoms. The number of rotatable bonds is 13. The Morgan fingerprint density at radius 2 is 1.81 bits per heavy atom. The summed E-state index contributed by atoms with van der Waals surface area (Å²) in [5.41, 5.74) is 4.31. The minimum Gasteiger partial charge on any atom is -0.497 e. The molecule has 3 unspecified atom stereocenters. The van der Waals surface area contributed by atoms with Crippen LogP contribution in [0.5, 0.6) is 11.5 Å². The summed E-state index contributed by atoms with van der Waals surface area (Å²) in [6, 6.07) is 26.0. The van der Waals surface area contributed by atoms with E-state index in [2.05, 4.69) is 58.8 Å². The lowest BCUT2D eigenvalue weighted by Gasteiger charge is -2.37. The predicted molar refractivity (Wildman–Crippen MR) is 169 cm³/mol. The van der Waals surface area contributed by atoms with E-state index in [4.69, 9.17) is 14.2 Å². The third-order valence-electron chi connectivity index (χ3n) is 7.77. The maximum atomic E-state index is 12.5. The number of carbonyl (C=O) groups is 1. The highest BCUT2D eigenvalue weighted by molar-refractivity contribution is 5.79. The summed E-state index contributed by atoms with van der Waals surface area (Å²) < 4.78 is 19.2. The second-order valence-electron chi connectivity index (χ2n) is 11.0. The first-order valence-electron chi connectivity index (χ1n) is 15.2. The number of nitrogens with zero attached hydrogens (tertiary/aromatic N) is 3. The standard InChI is InChI=1S/C35H42N4O4/c1-4-10-34(35(40)42-5-2)37-29-13-9-14-32(20-29)43-33-19-27(23-38(25-33)22-26-11-7-6-8-12-26)28-21-36-39(24-28)30-15-17-31(41-3)18-16-30/h6-9,11-18,20-21,24,27,33-34,37H,4-5,10,19,22-23,25H2,1-3H3. The molecule has 8 nitrogen and oxygen atoms in total. The molecule has 1 N–H and O–H groups in total. The summed E-state index contributed by atoms with van der Waals surface area (Å²) in [6.45, 7) is 6.85. The van der Waals surface area contributed by atoms with Crippen molar-refractivity contribution in [3.05, 3.63) is 102 Å². The highest BCUT2D eigenvalue weighted by Gasteiger charge is 2.31. The van der Waals surface area contributed by atoms with E-state index in [1.165, 1.54) is 11.1 Å². The Morgan fingerprint density at radius 1 is 1.00 bits per heavy atom. The Balaban J connectivity index is 1.33. The highest BCUT2D eigenvalue weighted by atomic mass is 16.5. The van der Waals surface area contributed by atoms with Crippen LogP contribution in [0.3, 0.4) is 0 Å². The van der Waals surface area contributed by atoms with Gasteiger partial charge in [-0.3, -0.25) is 4.90 Å². The van der Waals surface area contributed by atoms with Crippen LogP contribution in [0.25, 0.3) is 5.69 Å². The van der Waals surface area contributed by atoms with E-state index in [-0.39, 0.29) is 24.0 Å². The molecular weight excluding hydrogens is 540 g/mol. The first-order valence-corrected chi connectivity index (χ1v) is 15.2. The van der Waals surface area contributed by atoms with Gasteiger partial charge in [0.1, 0.15) is 23.6 Å². The van der Waals surface area contributed by atoms with Gasteiger partial charge in [-0.05, 0) is 67.3 Å². The summed E-state index contributed by atoms with van der Waals surface area (Å²) >= 11 is 0. The van der Waals surface area contributed by atoms with Crippen LogP contribution in [-0.4, -0.2) is 59.6 Å². The van der Waals surface area contributed by atoms with Gasteiger partial charge in [0, 0.05) is 43.5 Å². The van der Waals surface area contributed by atoms with Gasteiger partial charge in [-0.1, -0.05) is 49.7 Å². The Labute approximate surface area is 254 Å². The van der Waals surface area contributed by atoms with Crippen molar-refractivity contribution < 1.29 is 19.0 Å². The van der Waals surface area contributed by atoms with Crippen molar-refractivity contribution in [2.45, 2.75) is 57.7 Å². The zero-order valence-corrected chi connectivity index (χ0v) is 25.3. The van der Waals surface area contributed by atoms with Gasteiger partial charge in [0.2, 0.25) is 0 Å². The van der Waals surface area contributed by atoms with Gasteiger partial charge in [-0.15, -0.1) is 0 Å². The molecule has 0 radical (unpaired) electrons. The number of hydrogen-bond acceptors (Lipinski definition) is 7. The number of aromatic nitrogens is 2. The first-order chi connectivity index (χ1) is 21.0. The molecule has 0 aliphatic carbocycles. The topological polar surface area (TPSA) is 77.9 Å². The number of esters is 1. The fourth-order valence-electron chi connectivity index (χ4n) is 5.70. The Bertz CT molecular complexity index is 1440. The molecular formula is C35H42N4O4. The van der Waals surface area contributed by atoms with Crippen molar-refractivity contribution in [1.29, 1.82) is 0 Å². The molecule has 1 aromatic heterocycles. The molecule has 0 saturated carbocycles. The summed E-state index contributed by atoms with van der Waals surface area (Å²) in [5.74, 6) is 1.63. The van der Waals surface area contributed by atoms with Crippen LogP contribution in [0, 0.1) is 0 Å². The summed E-state index contributed by atoms with van der Waals surface area (Å²) in [6.07, 6.45) is 6.54. The molecule has 1 fully saturated rings. The van der Waals surface area contributed by atoms with E-state index in [0.717, 1.165) is 55.3 Å². The normalized spacial score (nSPS) is 17.7. The first kappa shape index (κ1) is 30.2. The van der Waals surface area contributed by atoms with Gasteiger partial charge in [0.15, 0.2) is 0 Å². The van der Waals surface area contributed by atoms with Crippen LogP contribution < -0.4 is 14.8 Å². The predicted octanol–water partition coefficient (Wildman–Crippen LogP) is 6.46. The zero-order valence-electron chi connectivity index (χ0n) is 25.3. The average Bonchev–Trinajstić information content (AvgIpc) is 3.52. The third-order valence-corrected chi connectivity index (χ3v) is 7.77. The molecule has 5 rings (SSSR count). The number of methoxy groups -OCH3 is 1. The van der Waals surface area contributed by atoms with E-state index in [1.807, 2.05) is 66.3 Å². The van der Waals surface area contributed by atoms with Gasteiger partial charge in [0.05, 0.1) is 25.6 Å². The zero-order chi connectivity index (χ0) is 30.0. The number of nitrogens with one attached hydrogen (secondary N) is 1. The van der Waals surface area contributed by atoms with Gasteiger partial charge in [-0.2, -0.15) is 5.10 Å². The molecule has 1 aliphatic heterocycles. The summed E-state index contributed by atoms with van der Waals surface area (Å²) in [4.78, 5) is 15.0. The van der Waals surface area contributed by atoms with Crippen molar-refractivity contribution in [1.82, 2.24) is 14.7 Å². The molecule has 226 valence electrons. The number of piperidine rings is 1. The van der Waals surface area contributed by atoms with E-state index in [0.29, 0.717) is 13.0 Å². The lowest BCUT2D eigenvalue weighted by atomic mass is 9.90. The van der Waals surface area contributed by atoms with Gasteiger partial charge < -0.3 is 19.5 Å². The molecule has 3 aromatic carbocycles. The number of likely N-dealkylation sites (tertiary alicyclic amines) is 1. The Hall–Kier alpha value is -4.30. The molecule has 2 heterocycles. The molecule has 1 aliphatic rings. The minimum atomic E-state index is -0.386. The van der Waals surface area contributed by atoms with Gasteiger partial charge >= 0.3 is 5.97 Å². The molecule has 0 spiro atoms.